The minimum absolute atomic E-state index is 0.0781. The summed E-state index contributed by atoms with van der Waals surface area (Å²) in [5.41, 5.74) is 4.12. The number of amides is 1. The molecular formula is C14H18N2O5. The fourth-order valence-corrected chi connectivity index (χ4v) is 1.68. The molecule has 0 saturated heterocycles. The van der Waals surface area contributed by atoms with E-state index in [-0.39, 0.29) is 6.61 Å². The molecule has 0 spiro atoms. The molecule has 7 nitrogen and oxygen atoms in total. The van der Waals surface area contributed by atoms with Crippen molar-refractivity contribution in [2.45, 2.75) is 25.4 Å². The number of nitrogens with one attached hydrogen (secondary N) is 1. The maximum Gasteiger partial charge on any atom is 0.333 e. The molecule has 0 saturated carbocycles. The molecule has 4 N–H and O–H groups in total. The van der Waals surface area contributed by atoms with E-state index in [0.29, 0.717) is 5.56 Å². The monoisotopic (exact) mass is 294 g/mol. The molecule has 0 aliphatic carbocycles. The van der Waals surface area contributed by atoms with Crippen molar-refractivity contribution in [3.63, 3.8) is 0 Å². The highest BCUT2D eigenvalue weighted by molar-refractivity contribution is 6.03. The maximum absolute atomic E-state index is 12.0. The van der Waals surface area contributed by atoms with E-state index in [1.165, 1.54) is 6.92 Å². The van der Waals surface area contributed by atoms with Crippen LogP contribution in [0.1, 0.15) is 19.4 Å². The summed E-state index contributed by atoms with van der Waals surface area (Å²) in [5, 5.41) is 11.7. The average molecular weight is 294 g/mol. The van der Waals surface area contributed by atoms with Gasteiger partial charge < -0.3 is 20.9 Å². The van der Waals surface area contributed by atoms with E-state index in [2.05, 4.69) is 10.1 Å². The van der Waals surface area contributed by atoms with Gasteiger partial charge in [-0.1, -0.05) is 30.3 Å². The van der Waals surface area contributed by atoms with Gasteiger partial charge in [-0.2, -0.15) is 0 Å². The zero-order valence-corrected chi connectivity index (χ0v) is 11.8. The quantitative estimate of drug-likeness (QED) is 0.501. The van der Waals surface area contributed by atoms with Crippen molar-refractivity contribution in [1.29, 1.82) is 0 Å². The third-order valence-electron chi connectivity index (χ3n) is 2.98. The van der Waals surface area contributed by atoms with Crippen molar-refractivity contribution in [3.05, 3.63) is 35.9 Å². The second kappa shape index (κ2) is 6.85. The SMILES string of the molecule is CCOC(=O)C(N)C(=O)NC(C)(C(=O)O)c1ccccc1. The lowest BCUT2D eigenvalue weighted by Gasteiger charge is -2.27. The number of ether oxygens (including phenoxy) is 1. The molecule has 2 unspecified atom stereocenters. The van der Waals surface area contributed by atoms with E-state index in [4.69, 9.17) is 5.73 Å². The number of carboxylic acids is 1. The number of esters is 1. The normalized spacial score (nSPS) is 14.6. The first-order valence-corrected chi connectivity index (χ1v) is 6.36. The van der Waals surface area contributed by atoms with Crippen molar-refractivity contribution < 1.29 is 24.2 Å². The van der Waals surface area contributed by atoms with Crippen molar-refractivity contribution in [2.24, 2.45) is 5.73 Å². The number of carboxylic acid groups (broad SMARTS) is 1. The summed E-state index contributed by atoms with van der Waals surface area (Å²) in [4.78, 5) is 34.9. The summed E-state index contributed by atoms with van der Waals surface area (Å²) >= 11 is 0. The predicted octanol–water partition coefficient (Wildman–Crippen LogP) is -0.00700. The fraction of sp³-hybridized carbons (Fsp3) is 0.357. The molecule has 0 aliphatic rings. The maximum atomic E-state index is 12.0. The Morgan fingerprint density at radius 2 is 1.90 bits per heavy atom. The molecule has 0 radical (unpaired) electrons. The molecule has 2 atom stereocenters. The predicted molar refractivity (Wildman–Crippen MR) is 74.2 cm³/mol. The minimum atomic E-state index is -1.69. The van der Waals surface area contributed by atoms with Crippen molar-refractivity contribution in [3.8, 4) is 0 Å². The molecule has 7 heteroatoms. The second-order valence-corrected chi connectivity index (χ2v) is 4.52. The summed E-state index contributed by atoms with van der Waals surface area (Å²) in [6, 6.07) is 6.56. The van der Waals surface area contributed by atoms with Gasteiger partial charge in [-0.15, -0.1) is 0 Å². The van der Waals surface area contributed by atoms with Gasteiger partial charge in [0.2, 0.25) is 5.91 Å². The van der Waals surface area contributed by atoms with Crippen LogP contribution in [-0.4, -0.2) is 35.6 Å². The first-order valence-electron chi connectivity index (χ1n) is 6.36. The van der Waals surface area contributed by atoms with Gasteiger partial charge in [-0.05, 0) is 19.4 Å². The van der Waals surface area contributed by atoms with Crippen molar-refractivity contribution in [2.75, 3.05) is 6.61 Å². The molecule has 0 bridgehead atoms. The van der Waals surface area contributed by atoms with Gasteiger partial charge in [-0.25, -0.2) is 9.59 Å². The zero-order chi connectivity index (χ0) is 16.0. The van der Waals surface area contributed by atoms with Crippen molar-refractivity contribution >= 4 is 17.8 Å². The molecule has 0 fully saturated rings. The number of rotatable bonds is 6. The molecule has 0 heterocycles. The van der Waals surface area contributed by atoms with Crippen LogP contribution in [-0.2, 0) is 24.7 Å². The number of hydrogen-bond donors (Lipinski definition) is 3. The van der Waals surface area contributed by atoms with E-state index in [9.17, 15) is 19.5 Å². The molecule has 1 aromatic carbocycles. The van der Waals surface area contributed by atoms with Crippen LogP contribution in [0.4, 0.5) is 0 Å². The number of benzene rings is 1. The summed E-state index contributed by atoms with van der Waals surface area (Å²) in [5.74, 6) is -3.09. The number of carbonyl (C=O) groups is 3. The third kappa shape index (κ3) is 3.79. The van der Waals surface area contributed by atoms with Crippen LogP contribution in [0, 0.1) is 0 Å². The molecule has 0 aliphatic heterocycles. The van der Waals surface area contributed by atoms with Crippen LogP contribution in [0.3, 0.4) is 0 Å². The fourth-order valence-electron chi connectivity index (χ4n) is 1.68. The summed E-state index contributed by atoms with van der Waals surface area (Å²) in [7, 11) is 0. The minimum Gasteiger partial charge on any atom is -0.479 e. The highest BCUT2D eigenvalue weighted by Gasteiger charge is 2.39. The van der Waals surface area contributed by atoms with Crippen LogP contribution in [0.2, 0.25) is 0 Å². The van der Waals surface area contributed by atoms with Gasteiger partial charge in [0.15, 0.2) is 11.6 Å². The molecule has 0 aromatic heterocycles. The third-order valence-corrected chi connectivity index (χ3v) is 2.98. The van der Waals surface area contributed by atoms with E-state index in [1.807, 2.05) is 0 Å². The number of nitrogens with two attached hydrogens (primary N) is 1. The summed E-state index contributed by atoms with van der Waals surface area (Å²) in [6.45, 7) is 2.98. The first kappa shape index (κ1) is 16.6. The van der Waals surface area contributed by atoms with Crippen LogP contribution < -0.4 is 11.1 Å². The van der Waals surface area contributed by atoms with Crippen LogP contribution in [0.5, 0.6) is 0 Å². The van der Waals surface area contributed by atoms with Crippen molar-refractivity contribution in [1.82, 2.24) is 5.32 Å². The van der Waals surface area contributed by atoms with Crippen LogP contribution >= 0.6 is 0 Å². The lowest BCUT2D eigenvalue weighted by molar-refractivity contribution is -0.152. The Kier molecular flexibility index (Phi) is 5.43. The largest absolute Gasteiger partial charge is 0.479 e. The number of aliphatic carboxylic acids is 1. The Morgan fingerprint density at radius 3 is 2.38 bits per heavy atom. The van der Waals surface area contributed by atoms with Gasteiger partial charge in [0.1, 0.15) is 0 Å². The highest BCUT2D eigenvalue weighted by atomic mass is 16.5. The number of carbonyl (C=O) groups excluding carboxylic acids is 2. The standard InChI is InChI=1S/C14H18N2O5/c1-3-21-12(18)10(15)11(17)16-14(2,13(19)20)9-7-5-4-6-8-9/h4-8,10H,3,15H2,1-2H3,(H,16,17)(H,19,20). The zero-order valence-electron chi connectivity index (χ0n) is 11.8. The van der Waals surface area contributed by atoms with E-state index in [1.54, 1.807) is 37.3 Å². The first-order chi connectivity index (χ1) is 9.82. The molecule has 1 aromatic rings. The van der Waals surface area contributed by atoms with E-state index in [0.717, 1.165) is 0 Å². The van der Waals surface area contributed by atoms with E-state index >= 15 is 0 Å². The van der Waals surface area contributed by atoms with Gasteiger partial charge in [0.05, 0.1) is 6.61 Å². The Morgan fingerprint density at radius 1 is 1.33 bits per heavy atom. The smallest absolute Gasteiger partial charge is 0.333 e. The summed E-state index contributed by atoms with van der Waals surface area (Å²) in [6.07, 6.45) is 0. The Bertz CT molecular complexity index is 531. The molecule has 21 heavy (non-hydrogen) atoms. The van der Waals surface area contributed by atoms with Crippen LogP contribution in [0.25, 0.3) is 0 Å². The van der Waals surface area contributed by atoms with E-state index < -0.39 is 29.4 Å². The van der Waals surface area contributed by atoms with Gasteiger partial charge in [-0.3, -0.25) is 4.79 Å². The summed E-state index contributed by atoms with van der Waals surface area (Å²) < 4.78 is 4.63. The molecule has 1 rings (SSSR count). The van der Waals surface area contributed by atoms with Gasteiger partial charge >= 0.3 is 11.9 Å². The topological polar surface area (TPSA) is 119 Å². The van der Waals surface area contributed by atoms with Crippen LogP contribution in [0.15, 0.2) is 30.3 Å². The lowest BCUT2D eigenvalue weighted by Crippen LogP contribution is -2.56. The Balaban J connectivity index is 2.97. The number of hydrogen-bond acceptors (Lipinski definition) is 5. The molecule has 114 valence electrons. The van der Waals surface area contributed by atoms with Gasteiger partial charge in [0.25, 0.3) is 0 Å². The molecule has 1 amide bonds. The Labute approximate surface area is 122 Å². The highest BCUT2D eigenvalue weighted by Crippen LogP contribution is 2.21. The lowest BCUT2D eigenvalue weighted by atomic mass is 9.91. The van der Waals surface area contributed by atoms with Gasteiger partial charge in [0, 0.05) is 0 Å². The average Bonchev–Trinajstić information content (AvgIpc) is 2.47. The molecular weight excluding hydrogens is 276 g/mol. The Hall–Kier alpha value is -2.41. The second-order valence-electron chi connectivity index (χ2n) is 4.52.